The van der Waals surface area contributed by atoms with Crippen LogP contribution in [0.4, 0.5) is 22.0 Å². The molecule has 0 bridgehead atoms. The van der Waals surface area contributed by atoms with Gasteiger partial charge in [0.25, 0.3) is 0 Å². The smallest absolute Gasteiger partial charge is 0.206 e. The maximum Gasteiger partial charge on any atom is 0.422 e. The summed E-state index contributed by atoms with van der Waals surface area (Å²) in [6.07, 6.45) is 13.3. The van der Waals surface area contributed by atoms with Crippen molar-refractivity contribution >= 4 is 0 Å². The monoisotopic (exact) mass is 442 g/mol. The van der Waals surface area contributed by atoms with E-state index in [0.29, 0.717) is 11.5 Å². The number of rotatable bonds is 7. The first-order valence-corrected chi connectivity index (χ1v) is 12.0. The van der Waals surface area contributed by atoms with Gasteiger partial charge in [-0.3, -0.25) is 0 Å². The van der Waals surface area contributed by atoms with E-state index >= 15 is 0 Å². The highest BCUT2D eigenvalue weighted by molar-refractivity contribution is 5.30. The van der Waals surface area contributed by atoms with Gasteiger partial charge >= 0.3 is 6.18 Å². The Morgan fingerprint density at radius 3 is 1.74 bits per heavy atom. The molecule has 5 heteroatoms. The lowest BCUT2D eigenvalue weighted by molar-refractivity contribution is -0.142. The van der Waals surface area contributed by atoms with Crippen LogP contribution in [-0.4, -0.2) is 0 Å². The Balaban J connectivity index is 1.42. The highest BCUT2D eigenvalue weighted by Crippen LogP contribution is 2.42. The van der Waals surface area contributed by atoms with Crippen molar-refractivity contribution in [1.29, 1.82) is 0 Å². The molecule has 2 aliphatic carbocycles. The highest BCUT2D eigenvalue weighted by Gasteiger charge is 2.38. The van der Waals surface area contributed by atoms with E-state index < -0.39 is 23.4 Å². The van der Waals surface area contributed by atoms with E-state index in [-0.39, 0.29) is 5.92 Å². The number of allylic oxidation sites excluding steroid dienone is 2. The van der Waals surface area contributed by atoms with Crippen molar-refractivity contribution in [2.45, 2.75) is 96.1 Å². The summed E-state index contributed by atoms with van der Waals surface area (Å²) >= 11 is 0. The maximum atomic E-state index is 13.9. The van der Waals surface area contributed by atoms with Crippen molar-refractivity contribution in [3.63, 3.8) is 0 Å². The summed E-state index contributed by atoms with van der Waals surface area (Å²) in [7, 11) is 0. The maximum absolute atomic E-state index is 13.9. The van der Waals surface area contributed by atoms with E-state index in [1.165, 1.54) is 44.9 Å². The quantitative estimate of drug-likeness (QED) is 0.292. The zero-order valence-corrected chi connectivity index (χ0v) is 18.5. The lowest BCUT2D eigenvalue weighted by Crippen LogP contribution is -2.18. The third kappa shape index (κ3) is 6.79. The predicted molar refractivity (Wildman–Crippen MR) is 115 cm³/mol. The zero-order valence-electron chi connectivity index (χ0n) is 18.5. The van der Waals surface area contributed by atoms with Gasteiger partial charge in [0.1, 0.15) is 17.2 Å². The minimum atomic E-state index is -5.00. The largest absolute Gasteiger partial charge is 0.422 e. The number of alkyl halides is 3. The van der Waals surface area contributed by atoms with Crippen LogP contribution in [0.3, 0.4) is 0 Å². The molecule has 0 spiro atoms. The summed E-state index contributed by atoms with van der Waals surface area (Å²) in [6, 6.07) is 1.79. The normalized spacial score (nSPS) is 27.7. The average Bonchev–Trinajstić information content (AvgIpc) is 2.72. The molecule has 0 unspecified atom stereocenters. The number of hydrogen-bond donors (Lipinski definition) is 0. The fourth-order valence-corrected chi connectivity index (χ4v) is 5.57. The number of halogens is 5. The molecular weight excluding hydrogens is 407 g/mol. The van der Waals surface area contributed by atoms with Gasteiger partial charge in [0, 0.05) is 0 Å². The van der Waals surface area contributed by atoms with Gasteiger partial charge in [-0.05, 0) is 92.7 Å². The molecule has 0 amide bonds. The van der Waals surface area contributed by atoms with E-state index in [2.05, 4.69) is 19.1 Å². The van der Waals surface area contributed by atoms with Gasteiger partial charge in [-0.2, -0.15) is 13.2 Å². The second kappa shape index (κ2) is 11.0. The van der Waals surface area contributed by atoms with E-state index in [9.17, 15) is 22.0 Å². The van der Waals surface area contributed by atoms with Crippen LogP contribution in [-0.2, 0) is 6.18 Å². The molecule has 0 N–H and O–H groups in total. The van der Waals surface area contributed by atoms with Crippen molar-refractivity contribution < 1.29 is 22.0 Å². The highest BCUT2D eigenvalue weighted by atomic mass is 19.4. The molecule has 0 atom stereocenters. The summed E-state index contributed by atoms with van der Waals surface area (Å²) in [4.78, 5) is 0. The molecule has 0 radical (unpaired) electrons. The van der Waals surface area contributed by atoms with Crippen LogP contribution >= 0.6 is 0 Å². The third-order valence-electron chi connectivity index (χ3n) is 7.49. The minimum absolute atomic E-state index is 0.0471. The van der Waals surface area contributed by atoms with Crippen molar-refractivity contribution in [1.82, 2.24) is 0 Å². The standard InChI is InChI=1S/C26H35F5/c1-2-3-4-5-18-6-8-19(9-7-18)10-11-20-12-14-21(15-13-20)22-16-23(27)25(24(28)17-22)26(29,30)31/h3-4,16-21H,2,5-15H2,1H3. The van der Waals surface area contributed by atoms with Gasteiger partial charge in [-0.1, -0.05) is 44.8 Å². The SMILES string of the molecule is CCC=CCC1CCC(CCC2CCC(c3cc(F)c(C(F)(F)F)c(F)c3)CC2)CC1. The molecule has 2 fully saturated rings. The summed E-state index contributed by atoms with van der Waals surface area (Å²) in [6.45, 7) is 2.17. The Labute approximate surface area is 183 Å². The van der Waals surface area contributed by atoms with Crippen molar-refractivity contribution in [3.05, 3.63) is 47.0 Å². The van der Waals surface area contributed by atoms with Crippen molar-refractivity contribution in [2.75, 3.05) is 0 Å². The molecule has 0 nitrogen and oxygen atoms in total. The van der Waals surface area contributed by atoms with Crippen molar-refractivity contribution in [3.8, 4) is 0 Å². The van der Waals surface area contributed by atoms with Gasteiger partial charge in [-0.15, -0.1) is 0 Å². The van der Waals surface area contributed by atoms with E-state index in [1.807, 2.05) is 0 Å². The molecule has 1 aromatic rings. The Bertz CT molecular complexity index is 697. The number of hydrogen-bond acceptors (Lipinski definition) is 0. The Kier molecular flexibility index (Phi) is 8.58. The van der Waals surface area contributed by atoms with Crippen molar-refractivity contribution in [2.24, 2.45) is 17.8 Å². The number of benzene rings is 1. The Morgan fingerprint density at radius 1 is 0.774 bits per heavy atom. The second-order valence-corrected chi connectivity index (χ2v) is 9.65. The summed E-state index contributed by atoms with van der Waals surface area (Å²) in [5.74, 6) is -0.739. The molecule has 0 aliphatic heterocycles. The molecule has 2 aliphatic rings. The minimum Gasteiger partial charge on any atom is -0.206 e. The molecule has 0 saturated heterocycles. The molecule has 0 aromatic heterocycles. The first-order chi connectivity index (χ1) is 14.8. The first kappa shape index (κ1) is 24.3. The third-order valence-corrected chi connectivity index (χ3v) is 7.49. The first-order valence-electron chi connectivity index (χ1n) is 12.0. The molecule has 174 valence electrons. The predicted octanol–water partition coefficient (Wildman–Crippen LogP) is 9.20. The van der Waals surface area contributed by atoms with E-state index in [1.54, 1.807) is 0 Å². The fourth-order valence-electron chi connectivity index (χ4n) is 5.57. The van der Waals surface area contributed by atoms with Gasteiger partial charge in [0.2, 0.25) is 0 Å². The topological polar surface area (TPSA) is 0 Å². The van der Waals surface area contributed by atoms with Crippen LogP contribution in [0.2, 0.25) is 0 Å². The van der Waals surface area contributed by atoms with Gasteiger partial charge < -0.3 is 0 Å². The molecular formula is C26H35F5. The van der Waals surface area contributed by atoms with Crippen LogP contribution < -0.4 is 0 Å². The molecule has 1 aromatic carbocycles. The van der Waals surface area contributed by atoms with Gasteiger partial charge in [-0.25, -0.2) is 8.78 Å². The summed E-state index contributed by atoms with van der Waals surface area (Å²) in [5, 5.41) is 0. The fraction of sp³-hybridized carbons (Fsp3) is 0.692. The molecule has 0 heterocycles. The second-order valence-electron chi connectivity index (χ2n) is 9.65. The van der Waals surface area contributed by atoms with Gasteiger partial charge in [0.05, 0.1) is 0 Å². The Hall–Kier alpha value is -1.39. The lowest BCUT2D eigenvalue weighted by atomic mass is 9.74. The van der Waals surface area contributed by atoms with E-state index in [4.69, 9.17) is 0 Å². The van der Waals surface area contributed by atoms with Crippen LogP contribution in [0.1, 0.15) is 101 Å². The van der Waals surface area contributed by atoms with Crippen LogP contribution in [0.5, 0.6) is 0 Å². The summed E-state index contributed by atoms with van der Waals surface area (Å²) in [5.41, 5.74) is -1.40. The van der Waals surface area contributed by atoms with E-state index in [0.717, 1.165) is 56.1 Å². The molecule has 31 heavy (non-hydrogen) atoms. The van der Waals surface area contributed by atoms with Gasteiger partial charge in [0.15, 0.2) is 0 Å². The average molecular weight is 443 g/mol. The zero-order chi connectivity index (χ0) is 22.4. The van der Waals surface area contributed by atoms with Crippen LogP contribution in [0, 0.1) is 29.4 Å². The Morgan fingerprint density at radius 2 is 1.26 bits per heavy atom. The van der Waals surface area contributed by atoms with Crippen LogP contribution in [0.15, 0.2) is 24.3 Å². The molecule has 3 rings (SSSR count). The van der Waals surface area contributed by atoms with Crippen LogP contribution in [0.25, 0.3) is 0 Å². The summed E-state index contributed by atoms with van der Waals surface area (Å²) < 4.78 is 66.2. The molecule has 2 saturated carbocycles. The lowest BCUT2D eigenvalue weighted by Gasteiger charge is -2.32.